The molecule has 0 bridgehead atoms. The lowest BCUT2D eigenvalue weighted by molar-refractivity contribution is -0.139. The number of phosphoric ester groups is 1. The molecule has 8 nitrogen and oxygen atoms in total. The number of phosphoric acid groups is 1. The molecule has 0 aliphatic rings. The zero-order chi connectivity index (χ0) is 24.2. The van der Waals surface area contributed by atoms with E-state index in [4.69, 9.17) is 23.0 Å². The SMILES string of the molecule is C=C(C)C(=O)OCCCCCOP(=O)(OCCCCC)OCCCCCOC(=O)C(=C)C. The van der Waals surface area contributed by atoms with Crippen LogP contribution in [-0.4, -0.2) is 45.0 Å². The van der Waals surface area contributed by atoms with E-state index in [1.807, 2.05) is 0 Å². The third-order valence-electron chi connectivity index (χ3n) is 4.24. The largest absolute Gasteiger partial charge is 0.474 e. The Kier molecular flexibility index (Phi) is 18.2. The summed E-state index contributed by atoms with van der Waals surface area (Å²) in [5.41, 5.74) is 0.749. The molecule has 0 fully saturated rings. The molecular formula is C23H41O8P. The average Bonchev–Trinajstić information content (AvgIpc) is 2.75. The standard InChI is InChI=1S/C23H41O8P/c1-6-7-10-17-29-32(26,30-18-13-8-11-15-27-22(24)20(2)3)31-19-14-9-12-16-28-23(25)21(4)5/h2,4,6-19H2,1,3,5H3. The molecule has 0 rings (SSSR count). The van der Waals surface area contributed by atoms with Crippen molar-refractivity contribution in [1.29, 1.82) is 0 Å². The lowest BCUT2D eigenvalue weighted by Gasteiger charge is -2.18. The molecule has 0 heterocycles. The van der Waals surface area contributed by atoms with Crippen molar-refractivity contribution in [3.8, 4) is 0 Å². The van der Waals surface area contributed by atoms with Gasteiger partial charge in [0.1, 0.15) is 0 Å². The third kappa shape index (κ3) is 17.1. The van der Waals surface area contributed by atoms with Crippen molar-refractivity contribution in [3.63, 3.8) is 0 Å². The maximum Gasteiger partial charge on any atom is 0.474 e. The van der Waals surface area contributed by atoms with E-state index >= 15 is 0 Å². The molecule has 0 spiro atoms. The van der Waals surface area contributed by atoms with E-state index in [0.29, 0.717) is 56.7 Å². The molecular weight excluding hydrogens is 435 g/mol. The van der Waals surface area contributed by atoms with Gasteiger partial charge in [-0.15, -0.1) is 0 Å². The fourth-order valence-corrected chi connectivity index (χ4v) is 3.61. The molecule has 0 aromatic heterocycles. The van der Waals surface area contributed by atoms with Gasteiger partial charge in [-0.25, -0.2) is 14.2 Å². The number of carbonyl (C=O) groups excluding carboxylic acids is 2. The zero-order valence-electron chi connectivity index (χ0n) is 20.0. The van der Waals surface area contributed by atoms with E-state index in [9.17, 15) is 14.2 Å². The number of ether oxygens (including phenoxy) is 2. The number of carbonyl (C=O) groups is 2. The molecule has 0 atom stereocenters. The summed E-state index contributed by atoms with van der Waals surface area (Å²) in [5.74, 6) is -0.790. The van der Waals surface area contributed by atoms with Crippen molar-refractivity contribution in [1.82, 2.24) is 0 Å². The Balaban J connectivity index is 4.13. The van der Waals surface area contributed by atoms with Crippen LogP contribution in [0.25, 0.3) is 0 Å². The van der Waals surface area contributed by atoms with Gasteiger partial charge in [0.2, 0.25) is 0 Å². The summed E-state index contributed by atoms with van der Waals surface area (Å²) in [6.45, 7) is 13.8. The third-order valence-corrected chi connectivity index (χ3v) is 5.73. The maximum absolute atomic E-state index is 12.9. The van der Waals surface area contributed by atoms with Crippen LogP contribution in [0, 0.1) is 0 Å². The molecule has 0 radical (unpaired) electrons. The lowest BCUT2D eigenvalue weighted by atomic mass is 10.2. The van der Waals surface area contributed by atoms with Crippen molar-refractivity contribution in [2.24, 2.45) is 0 Å². The van der Waals surface area contributed by atoms with Gasteiger partial charge in [0.25, 0.3) is 0 Å². The van der Waals surface area contributed by atoms with Crippen molar-refractivity contribution >= 4 is 19.8 Å². The molecule has 0 saturated heterocycles. The Labute approximate surface area is 193 Å². The van der Waals surface area contributed by atoms with E-state index in [2.05, 4.69) is 20.1 Å². The highest BCUT2D eigenvalue weighted by Gasteiger charge is 2.26. The molecule has 9 heteroatoms. The van der Waals surface area contributed by atoms with Crippen LogP contribution in [0.4, 0.5) is 0 Å². The van der Waals surface area contributed by atoms with Crippen LogP contribution in [-0.2, 0) is 37.2 Å². The normalized spacial score (nSPS) is 11.2. The van der Waals surface area contributed by atoms with Gasteiger partial charge in [0.15, 0.2) is 0 Å². The first-order chi connectivity index (χ1) is 15.2. The van der Waals surface area contributed by atoms with Gasteiger partial charge >= 0.3 is 19.8 Å². The summed E-state index contributed by atoms with van der Waals surface area (Å²) in [5, 5.41) is 0. The van der Waals surface area contributed by atoms with Crippen LogP contribution >= 0.6 is 7.82 Å². The van der Waals surface area contributed by atoms with Gasteiger partial charge in [-0.05, 0) is 58.8 Å². The van der Waals surface area contributed by atoms with E-state index in [-0.39, 0.29) is 13.2 Å². The summed E-state index contributed by atoms with van der Waals surface area (Å²) in [7, 11) is -3.62. The Bertz CT molecular complexity index is 573. The Morgan fingerprint density at radius 3 is 1.31 bits per heavy atom. The minimum Gasteiger partial charge on any atom is -0.462 e. The molecule has 0 aliphatic heterocycles. The molecule has 186 valence electrons. The summed E-state index contributed by atoms with van der Waals surface area (Å²) < 4.78 is 39.3. The Hall–Kier alpha value is -1.47. The van der Waals surface area contributed by atoms with Gasteiger partial charge in [0.05, 0.1) is 33.0 Å². The Morgan fingerprint density at radius 1 is 0.625 bits per heavy atom. The molecule has 0 saturated carbocycles. The fourth-order valence-electron chi connectivity index (χ4n) is 2.33. The summed E-state index contributed by atoms with van der Waals surface area (Å²) in [4.78, 5) is 22.6. The minimum absolute atomic E-state index is 0.232. The van der Waals surface area contributed by atoms with Gasteiger partial charge in [-0.1, -0.05) is 32.9 Å². The predicted molar refractivity (Wildman–Crippen MR) is 124 cm³/mol. The van der Waals surface area contributed by atoms with Gasteiger partial charge < -0.3 is 9.47 Å². The second-order valence-corrected chi connectivity index (χ2v) is 9.28. The zero-order valence-corrected chi connectivity index (χ0v) is 20.9. The lowest BCUT2D eigenvalue weighted by Crippen LogP contribution is -2.07. The van der Waals surface area contributed by atoms with Crippen molar-refractivity contribution in [2.75, 3.05) is 33.0 Å². The fraction of sp³-hybridized carbons (Fsp3) is 0.739. The molecule has 0 N–H and O–H groups in total. The number of unbranched alkanes of at least 4 members (excludes halogenated alkanes) is 6. The first kappa shape index (κ1) is 30.5. The van der Waals surface area contributed by atoms with Crippen molar-refractivity contribution < 1.29 is 37.2 Å². The number of hydrogen-bond acceptors (Lipinski definition) is 8. The highest BCUT2D eigenvalue weighted by Crippen LogP contribution is 2.49. The van der Waals surface area contributed by atoms with E-state index in [1.54, 1.807) is 13.8 Å². The summed E-state index contributed by atoms with van der Waals surface area (Å²) >= 11 is 0. The van der Waals surface area contributed by atoms with Gasteiger partial charge in [0, 0.05) is 11.1 Å². The number of rotatable bonds is 21. The van der Waals surface area contributed by atoms with E-state index in [1.165, 1.54) is 0 Å². The number of esters is 2. The van der Waals surface area contributed by atoms with Crippen LogP contribution < -0.4 is 0 Å². The van der Waals surface area contributed by atoms with Crippen LogP contribution in [0.15, 0.2) is 24.3 Å². The molecule has 0 aromatic carbocycles. The van der Waals surface area contributed by atoms with Crippen LogP contribution in [0.5, 0.6) is 0 Å². The highest BCUT2D eigenvalue weighted by atomic mass is 31.2. The van der Waals surface area contributed by atoms with E-state index < -0.39 is 19.8 Å². The topological polar surface area (TPSA) is 97.4 Å². The molecule has 0 amide bonds. The highest BCUT2D eigenvalue weighted by molar-refractivity contribution is 7.48. The first-order valence-corrected chi connectivity index (χ1v) is 12.9. The molecule has 0 aromatic rings. The van der Waals surface area contributed by atoms with Crippen molar-refractivity contribution in [3.05, 3.63) is 24.3 Å². The van der Waals surface area contributed by atoms with Crippen molar-refractivity contribution in [2.45, 2.75) is 78.6 Å². The molecule has 32 heavy (non-hydrogen) atoms. The average molecular weight is 477 g/mol. The second-order valence-electron chi connectivity index (χ2n) is 7.61. The monoisotopic (exact) mass is 476 g/mol. The number of hydrogen-bond donors (Lipinski definition) is 0. The molecule has 0 unspecified atom stereocenters. The van der Waals surface area contributed by atoms with Gasteiger partial charge in [-0.2, -0.15) is 0 Å². The Morgan fingerprint density at radius 2 is 0.969 bits per heavy atom. The summed E-state index contributed by atoms with van der Waals surface area (Å²) in [6.07, 6.45) is 6.95. The smallest absolute Gasteiger partial charge is 0.462 e. The van der Waals surface area contributed by atoms with E-state index in [0.717, 1.165) is 32.1 Å². The van der Waals surface area contributed by atoms with Gasteiger partial charge in [-0.3, -0.25) is 13.6 Å². The minimum atomic E-state index is -3.62. The summed E-state index contributed by atoms with van der Waals surface area (Å²) in [6, 6.07) is 0. The van der Waals surface area contributed by atoms with Crippen LogP contribution in [0.1, 0.15) is 78.6 Å². The first-order valence-electron chi connectivity index (χ1n) is 11.4. The predicted octanol–water partition coefficient (Wildman–Crippen LogP) is 5.91. The quantitative estimate of drug-likeness (QED) is 0.0872. The van der Waals surface area contributed by atoms with Crippen LogP contribution in [0.3, 0.4) is 0 Å². The maximum atomic E-state index is 12.9. The second kappa shape index (κ2) is 19.0. The van der Waals surface area contributed by atoms with Crippen LogP contribution in [0.2, 0.25) is 0 Å². The molecule has 0 aliphatic carbocycles.